The molecule has 10 nitrogen and oxygen atoms in total. The highest BCUT2D eigenvalue weighted by molar-refractivity contribution is 7.92. The Labute approximate surface area is 230 Å². The maximum atomic E-state index is 14.2. The number of carbonyl (C=O) groups is 2. The molecule has 2 aliphatic rings. The maximum absolute atomic E-state index is 14.2. The van der Waals surface area contributed by atoms with Crippen molar-refractivity contribution in [3.8, 4) is 0 Å². The van der Waals surface area contributed by atoms with Gasteiger partial charge in [0.25, 0.3) is 0 Å². The van der Waals surface area contributed by atoms with E-state index < -0.39 is 84.4 Å². The van der Waals surface area contributed by atoms with Crippen LogP contribution in [0.25, 0.3) is 0 Å². The number of nitrogens with one attached hydrogen (secondary N) is 2. The smallest absolute Gasteiger partial charge is 0.246 e. The number of carbonyl (C=O) groups excluding carboxylic acids is 2. The zero-order valence-corrected chi connectivity index (χ0v) is 23.6. The summed E-state index contributed by atoms with van der Waals surface area (Å²) in [6.07, 6.45) is 0.709. The summed E-state index contributed by atoms with van der Waals surface area (Å²) < 4.78 is 82.5. The molecule has 0 saturated carbocycles. The molecule has 2 amide bonds. The van der Waals surface area contributed by atoms with Crippen LogP contribution in [0.5, 0.6) is 0 Å². The van der Waals surface area contributed by atoms with Gasteiger partial charge in [-0.05, 0) is 49.7 Å². The van der Waals surface area contributed by atoms with Gasteiger partial charge in [0.2, 0.25) is 36.7 Å². The van der Waals surface area contributed by atoms with E-state index in [0.717, 1.165) is 17.2 Å². The average Bonchev–Trinajstić information content (AvgIpc) is 2.84. The molecular formula is C24H27ClF2N4O6S2. The summed E-state index contributed by atoms with van der Waals surface area (Å²) >= 11 is 5.98. The van der Waals surface area contributed by atoms with E-state index in [9.17, 15) is 35.2 Å². The molecule has 0 spiro atoms. The molecule has 15 heteroatoms. The summed E-state index contributed by atoms with van der Waals surface area (Å²) in [6, 6.07) is 5.07. The fraction of sp³-hybridized carbons (Fsp3) is 0.417. The van der Waals surface area contributed by atoms with E-state index in [-0.39, 0.29) is 6.42 Å². The van der Waals surface area contributed by atoms with E-state index in [0.29, 0.717) is 22.7 Å². The quantitative estimate of drug-likeness (QED) is 0.455. The van der Waals surface area contributed by atoms with Crippen LogP contribution in [0.1, 0.15) is 19.4 Å². The second-order valence-electron chi connectivity index (χ2n) is 9.80. The van der Waals surface area contributed by atoms with Gasteiger partial charge in [0, 0.05) is 24.0 Å². The number of hydrogen-bond acceptors (Lipinski definition) is 7. The second-order valence-corrected chi connectivity index (χ2v) is 14.2. The fourth-order valence-electron chi connectivity index (χ4n) is 4.89. The van der Waals surface area contributed by atoms with Crippen molar-refractivity contribution in [1.29, 1.82) is 0 Å². The Morgan fingerprint density at radius 1 is 1.05 bits per heavy atom. The minimum atomic E-state index is -4.75. The van der Waals surface area contributed by atoms with E-state index >= 15 is 0 Å². The lowest BCUT2D eigenvalue weighted by Gasteiger charge is -2.57. The number of halogens is 3. The van der Waals surface area contributed by atoms with Gasteiger partial charge in [-0.3, -0.25) is 19.8 Å². The van der Waals surface area contributed by atoms with Crippen LogP contribution >= 0.6 is 11.6 Å². The van der Waals surface area contributed by atoms with Crippen LogP contribution in [-0.2, 0) is 35.9 Å². The normalized spacial score (nSPS) is 24.3. The summed E-state index contributed by atoms with van der Waals surface area (Å²) in [4.78, 5) is 26.8. The topological polar surface area (TPSA) is 133 Å². The zero-order chi connectivity index (χ0) is 28.9. The highest BCUT2D eigenvalue weighted by Gasteiger charge is 2.63. The number of piperazine rings is 1. The van der Waals surface area contributed by atoms with Gasteiger partial charge in [0.15, 0.2) is 11.6 Å². The van der Waals surface area contributed by atoms with Crippen molar-refractivity contribution in [2.24, 2.45) is 0 Å². The fourth-order valence-corrected chi connectivity index (χ4v) is 7.67. The molecule has 0 aliphatic carbocycles. The molecule has 2 saturated heterocycles. The van der Waals surface area contributed by atoms with Crippen LogP contribution < -0.4 is 10.0 Å². The first-order chi connectivity index (χ1) is 18.1. The summed E-state index contributed by atoms with van der Waals surface area (Å²) in [5, 5.41) is 3.22. The van der Waals surface area contributed by atoms with Crippen molar-refractivity contribution < 1.29 is 35.2 Å². The van der Waals surface area contributed by atoms with Crippen molar-refractivity contribution in [2.75, 3.05) is 19.3 Å². The lowest BCUT2D eigenvalue weighted by atomic mass is 9.96. The van der Waals surface area contributed by atoms with Gasteiger partial charge in [-0.15, -0.1) is 0 Å². The van der Waals surface area contributed by atoms with Gasteiger partial charge in [-0.2, -0.15) is 0 Å². The molecular weight excluding hydrogens is 578 g/mol. The van der Waals surface area contributed by atoms with E-state index in [1.807, 2.05) is 0 Å². The molecule has 2 fully saturated rings. The number of hydrogen-bond donors (Lipinski definition) is 2. The van der Waals surface area contributed by atoms with Gasteiger partial charge in [0.1, 0.15) is 12.1 Å². The van der Waals surface area contributed by atoms with Gasteiger partial charge < -0.3 is 4.90 Å². The molecule has 3 atom stereocenters. The Bertz CT molecular complexity index is 1520. The lowest BCUT2D eigenvalue weighted by molar-refractivity contribution is -0.166. The van der Waals surface area contributed by atoms with Crippen LogP contribution in [0.2, 0.25) is 5.02 Å². The number of sulfone groups is 1. The Balaban J connectivity index is 1.93. The van der Waals surface area contributed by atoms with Crippen LogP contribution in [0.15, 0.2) is 47.4 Å². The minimum absolute atomic E-state index is 0.132. The van der Waals surface area contributed by atoms with Gasteiger partial charge in [0.05, 0.1) is 17.7 Å². The predicted octanol–water partition coefficient (Wildman–Crippen LogP) is 1.26. The molecule has 212 valence electrons. The van der Waals surface area contributed by atoms with Crippen LogP contribution in [0, 0.1) is 11.6 Å². The first kappa shape index (κ1) is 29.3. The van der Waals surface area contributed by atoms with Crippen molar-refractivity contribution in [3.05, 3.63) is 64.7 Å². The maximum Gasteiger partial charge on any atom is 0.246 e. The SMILES string of the molecule is CC(C)N1CC2(S(=O)(=O)c3ccc(F)c(F)c3)NCC(NS(C)(=O)=O)C(=O)N2C(Cc2ccc(Cl)cc2)C1=O. The number of fused-ring (bicyclic) bond motifs is 1. The van der Waals surface area contributed by atoms with Crippen molar-refractivity contribution in [3.63, 3.8) is 0 Å². The first-order valence-electron chi connectivity index (χ1n) is 11.9. The molecule has 2 N–H and O–H groups in total. The first-order valence-corrected chi connectivity index (χ1v) is 15.6. The van der Waals surface area contributed by atoms with Crippen LogP contribution in [0.3, 0.4) is 0 Å². The lowest BCUT2D eigenvalue weighted by Crippen LogP contribution is -2.83. The van der Waals surface area contributed by atoms with E-state index in [4.69, 9.17) is 11.6 Å². The second kappa shape index (κ2) is 10.4. The van der Waals surface area contributed by atoms with Gasteiger partial charge >= 0.3 is 0 Å². The number of rotatable bonds is 7. The Morgan fingerprint density at radius 3 is 2.26 bits per heavy atom. The third-order valence-electron chi connectivity index (χ3n) is 6.74. The standard InChI is InChI=1S/C24H27ClF2N4O6S2/c1-14(2)30-13-24(39(36,37)17-8-9-18(26)19(27)11-17)28-12-20(29-38(3,34)35)22(32)31(24)21(23(30)33)10-15-4-6-16(25)7-5-15/h4-9,11,14,20-21,28-29H,10,12-13H2,1-3H3. The predicted molar refractivity (Wildman–Crippen MR) is 139 cm³/mol. The molecule has 39 heavy (non-hydrogen) atoms. The highest BCUT2D eigenvalue weighted by atomic mass is 35.5. The largest absolute Gasteiger partial charge is 0.334 e. The summed E-state index contributed by atoms with van der Waals surface area (Å²) in [5.74, 6) is -4.20. The number of sulfonamides is 1. The number of benzene rings is 2. The highest BCUT2D eigenvalue weighted by Crippen LogP contribution is 2.38. The molecule has 2 heterocycles. The van der Waals surface area contributed by atoms with Crippen LogP contribution in [-0.4, -0.2) is 80.9 Å². The van der Waals surface area contributed by atoms with Crippen molar-refractivity contribution in [2.45, 2.75) is 48.3 Å². The number of nitrogens with zero attached hydrogens (tertiary/aromatic N) is 2. The van der Waals surface area contributed by atoms with E-state index in [1.165, 1.54) is 4.90 Å². The third kappa shape index (κ3) is 5.40. The molecule has 2 aromatic rings. The molecule has 3 unspecified atom stereocenters. The Kier molecular flexibility index (Phi) is 7.82. The van der Waals surface area contributed by atoms with Gasteiger partial charge in [-0.1, -0.05) is 23.7 Å². The summed E-state index contributed by atoms with van der Waals surface area (Å²) in [5.41, 5.74) is 0.550. The monoisotopic (exact) mass is 604 g/mol. The molecule has 4 rings (SSSR count). The van der Waals surface area contributed by atoms with Crippen molar-refractivity contribution in [1.82, 2.24) is 19.8 Å². The molecule has 2 aromatic carbocycles. The van der Waals surface area contributed by atoms with E-state index in [2.05, 4.69) is 10.0 Å². The Morgan fingerprint density at radius 2 is 1.69 bits per heavy atom. The Hall–Kier alpha value is -2.65. The molecule has 0 bridgehead atoms. The summed E-state index contributed by atoms with van der Waals surface area (Å²) in [6.45, 7) is 2.35. The molecule has 0 aromatic heterocycles. The zero-order valence-electron chi connectivity index (χ0n) is 21.2. The van der Waals surface area contributed by atoms with E-state index in [1.54, 1.807) is 38.1 Å². The average molecular weight is 605 g/mol. The van der Waals surface area contributed by atoms with Crippen molar-refractivity contribution >= 4 is 43.3 Å². The minimum Gasteiger partial charge on any atom is -0.334 e. The third-order valence-corrected chi connectivity index (χ3v) is 9.94. The number of amides is 2. The molecule has 0 radical (unpaired) electrons. The van der Waals surface area contributed by atoms with Crippen LogP contribution in [0.4, 0.5) is 8.78 Å². The molecule has 2 aliphatic heterocycles. The van der Waals surface area contributed by atoms with Gasteiger partial charge in [-0.25, -0.2) is 30.3 Å². The summed E-state index contributed by atoms with van der Waals surface area (Å²) in [7, 11) is -8.67.